The number of carbonyl (C=O) groups excluding carboxylic acids is 1. The highest BCUT2D eigenvalue weighted by molar-refractivity contribution is 5.90. The molecule has 0 radical (unpaired) electrons. The standard InChI is InChI=1S/C11H21N5O/c1-3-4-5-6-7-8(2)13-10(17)9-14-11(12)16-15-9/h8H,3-7H2,1-2H3,(H,13,17)(H3,12,14,15,16). The van der Waals surface area contributed by atoms with E-state index in [4.69, 9.17) is 5.73 Å². The number of H-pyrrole nitrogens is 1. The number of aromatic amines is 1. The van der Waals surface area contributed by atoms with Crippen LogP contribution in [0.15, 0.2) is 0 Å². The van der Waals surface area contributed by atoms with Gasteiger partial charge in [-0.3, -0.25) is 9.89 Å². The maximum Gasteiger partial charge on any atom is 0.288 e. The first-order valence-electron chi connectivity index (χ1n) is 6.12. The molecule has 0 aliphatic heterocycles. The first-order chi connectivity index (χ1) is 8.13. The van der Waals surface area contributed by atoms with Crippen molar-refractivity contribution in [2.75, 3.05) is 5.73 Å². The number of rotatable bonds is 7. The first kappa shape index (κ1) is 13.5. The number of carbonyl (C=O) groups is 1. The van der Waals surface area contributed by atoms with Gasteiger partial charge in [-0.25, -0.2) is 0 Å². The Morgan fingerprint density at radius 2 is 2.24 bits per heavy atom. The van der Waals surface area contributed by atoms with E-state index in [1.165, 1.54) is 19.3 Å². The number of amides is 1. The average Bonchev–Trinajstić information content (AvgIpc) is 2.71. The Bertz CT molecular complexity index is 349. The zero-order valence-corrected chi connectivity index (χ0v) is 10.5. The molecule has 0 aromatic carbocycles. The highest BCUT2D eigenvalue weighted by Crippen LogP contribution is 2.05. The summed E-state index contributed by atoms with van der Waals surface area (Å²) in [5.74, 6) is 0.00542. The topological polar surface area (TPSA) is 96.7 Å². The van der Waals surface area contributed by atoms with Crippen LogP contribution in [0, 0.1) is 0 Å². The van der Waals surface area contributed by atoms with E-state index in [1.807, 2.05) is 6.92 Å². The van der Waals surface area contributed by atoms with Gasteiger partial charge in [0.15, 0.2) is 0 Å². The molecule has 17 heavy (non-hydrogen) atoms. The normalized spacial score (nSPS) is 12.4. The third-order valence-electron chi connectivity index (χ3n) is 2.59. The van der Waals surface area contributed by atoms with Crippen molar-refractivity contribution >= 4 is 11.9 Å². The van der Waals surface area contributed by atoms with Crippen LogP contribution in [0.3, 0.4) is 0 Å². The largest absolute Gasteiger partial charge is 0.366 e. The molecule has 1 amide bonds. The van der Waals surface area contributed by atoms with E-state index in [0.29, 0.717) is 0 Å². The molecule has 0 saturated heterocycles. The summed E-state index contributed by atoms with van der Waals surface area (Å²) in [7, 11) is 0. The molecule has 0 fully saturated rings. The number of aromatic nitrogens is 3. The molecule has 6 heteroatoms. The molecule has 96 valence electrons. The number of nitrogens with one attached hydrogen (secondary N) is 2. The molecule has 1 heterocycles. The molecule has 1 atom stereocenters. The second-order valence-corrected chi connectivity index (χ2v) is 4.27. The Morgan fingerprint density at radius 3 is 2.82 bits per heavy atom. The van der Waals surface area contributed by atoms with Gasteiger partial charge in [0.1, 0.15) is 0 Å². The maximum absolute atomic E-state index is 11.7. The van der Waals surface area contributed by atoms with Crippen molar-refractivity contribution in [3.63, 3.8) is 0 Å². The van der Waals surface area contributed by atoms with Crippen LogP contribution >= 0.6 is 0 Å². The van der Waals surface area contributed by atoms with Crippen LogP contribution in [0.2, 0.25) is 0 Å². The van der Waals surface area contributed by atoms with Gasteiger partial charge in [0.25, 0.3) is 5.91 Å². The van der Waals surface area contributed by atoms with Gasteiger partial charge in [-0.15, -0.1) is 5.10 Å². The third kappa shape index (κ3) is 4.84. The average molecular weight is 239 g/mol. The van der Waals surface area contributed by atoms with Gasteiger partial charge in [-0.1, -0.05) is 32.6 Å². The van der Waals surface area contributed by atoms with E-state index in [-0.39, 0.29) is 23.7 Å². The molecule has 0 aliphatic carbocycles. The number of unbranched alkanes of at least 4 members (excludes halogenated alkanes) is 3. The van der Waals surface area contributed by atoms with Gasteiger partial charge in [-0.2, -0.15) is 4.98 Å². The molecule has 0 bridgehead atoms. The summed E-state index contributed by atoms with van der Waals surface area (Å²) < 4.78 is 0. The number of nitrogens with zero attached hydrogens (tertiary/aromatic N) is 2. The molecule has 0 spiro atoms. The Labute approximate surface area is 101 Å². The SMILES string of the molecule is CCCCCCC(C)NC(=O)c1nc(N)n[nH]1. The van der Waals surface area contributed by atoms with Crippen molar-refractivity contribution in [3.8, 4) is 0 Å². The van der Waals surface area contributed by atoms with Crippen LogP contribution in [0.4, 0.5) is 5.95 Å². The van der Waals surface area contributed by atoms with Gasteiger partial charge in [0.2, 0.25) is 11.8 Å². The summed E-state index contributed by atoms with van der Waals surface area (Å²) in [5.41, 5.74) is 5.33. The molecular formula is C11H21N5O. The lowest BCUT2D eigenvalue weighted by molar-refractivity contribution is 0.0928. The van der Waals surface area contributed by atoms with Crippen LogP contribution < -0.4 is 11.1 Å². The second-order valence-electron chi connectivity index (χ2n) is 4.27. The fourth-order valence-electron chi connectivity index (χ4n) is 1.62. The van der Waals surface area contributed by atoms with Crippen molar-refractivity contribution in [1.82, 2.24) is 20.5 Å². The minimum absolute atomic E-state index is 0.0887. The summed E-state index contributed by atoms with van der Waals surface area (Å²) in [6.45, 7) is 4.17. The summed E-state index contributed by atoms with van der Waals surface area (Å²) in [6.07, 6.45) is 5.80. The molecule has 0 saturated carbocycles. The highest BCUT2D eigenvalue weighted by atomic mass is 16.2. The summed E-state index contributed by atoms with van der Waals surface area (Å²) in [6, 6.07) is 0.144. The number of hydrogen-bond acceptors (Lipinski definition) is 4. The minimum Gasteiger partial charge on any atom is -0.366 e. The predicted octanol–water partition coefficient (Wildman–Crippen LogP) is 1.48. The number of hydrogen-bond donors (Lipinski definition) is 3. The van der Waals surface area contributed by atoms with Crippen molar-refractivity contribution in [2.45, 2.75) is 52.0 Å². The van der Waals surface area contributed by atoms with Gasteiger partial charge in [0, 0.05) is 6.04 Å². The molecule has 0 aliphatic rings. The molecule has 1 unspecified atom stereocenters. The number of nitrogens with two attached hydrogens (primary N) is 1. The van der Waals surface area contributed by atoms with Crippen LogP contribution in [0.5, 0.6) is 0 Å². The van der Waals surface area contributed by atoms with Crippen molar-refractivity contribution < 1.29 is 4.79 Å². The van der Waals surface area contributed by atoms with E-state index < -0.39 is 0 Å². The van der Waals surface area contributed by atoms with E-state index in [0.717, 1.165) is 12.8 Å². The van der Waals surface area contributed by atoms with Crippen molar-refractivity contribution in [1.29, 1.82) is 0 Å². The third-order valence-corrected chi connectivity index (χ3v) is 2.59. The van der Waals surface area contributed by atoms with Gasteiger partial charge >= 0.3 is 0 Å². The lowest BCUT2D eigenvalue weighted by atomic mass is 10.1. The van der Waals surface area contributed by atoms with Crippen LogP contribution in [0.1, 0.15) is 56.6 Å². The van der Waals surface area contributed by atoms with Crippen LogP contribution in [-0.4, -0.2) is 27.1 Å². The van der Waals surface area contributed by atoms with Gasteiger partial charge in [-0.05, 0) is 13.3 Å². The van der Waals surface area contributed by atoms with E-state index in [9.17, 15) is 4.79 Å². The van der Waals surface area contributed by atoms with Crippen LogP contribution in [0.25, 0.3) is 0 Å². The van der Waals surface area contributed by atoms with Crippen molar-refractivity contribution in [2.24, 2.45) is 0 Å². The molecule has 1 aromatic heterocycles. The summed E-state index contributed by atoms with van der Waals surface area (Å²) in [5, 5.41) is 8.96. The number of anilines is 1. The summed E-state index contributed by atoms with van der Waals surface area (Å²) >= 11 is 0. The monoisotopic (exact) mass is 239 g/mol. The molecular weight excluding hydrogens is 218 g/mol. The molecule has 1 rings (SSSR count). The van der Waals surface area contributed by atoms with E-state index in [1.54, 1.807) is 0 Å². The Kier molecular flexibility index (Phi) is 5.45. The zero-order valence-electron chi connectivity index (χ0n) is 10.5. The van der Waals surface area contributed by atoms with Crippen molar-refractivity contribution in [3.05, 3.63) is 5.82 Å². The fraction of sp³-hybridized carbons (Fsp3) is 0.727. The van der Waals surface area contributed by atoms with Crippen LogP contribution in [-0.2, 0) is 0 Å². The molecule has 1 aromatic rings. The Morgan fingerprint density at radius 1 is 1.47 bits per heavy atom. The lowest BCUT2D eigenvalue weighted by Crippen LogP contribution is -2.33. The highest BCUT2D eigenvalue weighted by Gasteiger charge is 2.13. The number of nitrogen functional groups attached to an aromatic ring is 1. The Balaban J connectivity index is 2.26. The van der Waals surface area contributed by atoms with E-state index >= 15 is 0 Å². The second kappa shape index (κ2) is 6.88. The molecule has 4 N–H and O–H groups in total. The predicted molar refractivity (Wildman–Crippen MR) is 66.5 cm³/mol. The summed E-state index contributed by atoms with van der Waals surface area (Å²) in [4.78, 5) is 15.4. The van der Waals surface area contributed by atoms with Gasteiger partial charge in [0.05, 0.1) is 0 Å². The lowest BCUT2D eigenvalue weighted by Gasteiger charge is -2.12. The minimum atomic E-state index is -0.253. The smallest absolute Gasteiger partial charge is 0.288 e. The van der Waals surface area contributed by atoms with E-state index in [2.05, 4.69) is 27.4 Å². The molecule has 6 nitrogen and oxygen atoms in total. The fourth-order valence-corrected chi connectivity index (χ4v) is 1.62. The zero-order chi connectivity index (χ0) is 12.7. The first-order valence-corrected chi connectivity index (χ1v) is 6.12. The Hall–Kier alpha value is -1.59. The maximum atomic E-state index is 11.7. The quantitative estimate of drug-likeness (QED) is 0.628. The van der Waals surface area contributed by atoms with Gasteiger partial charge < -0.3 is 11.1 Å².